The molecule has 4 nitrogen and oxygen atoms in total. The van der Waals surface area contributed by atoms with E-state index >= 15 is 0 Å². The van der Waals surface area contributed by atoms with Gasteiger partial charge in [0.1, 0.15) is 6.61 Å². The maximum Gasteiger partial charge on any atom is 0.297 e. The number of benzene rings is 2. The number of para-hydroxylation sites is 2. The molecule has 2 aromatic rings. The molecular weight excluding hydrogens is 264 g/mol. The fourth-order valence-electron chi connectivity index (χ4n) is 2.39. The second kappa shape index (κ2) is 6.41. The number of anilines is 1. The fraction of sp³-hybridized carbons (Fsp3) is 0.235. The second-order valence-corrected chi connectivity index (χ2v) is 4.86. The monoisotopic (exact) mass is 282 g/mol. The van der Waals surface area contributed by atoms with Gasteiger partial charge in [0, 0.05) is 12.8 Å². The SMILES string of the molecule is COCC1COC(=Nc2ccccc2)N1c1ccccc1. The van der Waals surface area contributed by atoms with Gasteiger partial charge in [0.2, 0.25) is 0 Å². The summed E-state index contributed by atoms with van der Waals surface area (Å²) in [5, 5.41) is 0. The molecule has 0 radical (unpaired) electrons. The van der Waals surface area contributed by atoms with Crippen LogP contribution >= 0.6 is 0 Å². The average Bonchev–Trinajstić information content (AvgIpc) is 2.92. The molecule has 0 amide bonds. The zero-order valence-corrected chi connectivity index (χ0v) is 12.0. The van der Waals surface area contributed by atoms with E-state index in [0.717, 1.165) is 11.4 Å². The van der Waals surface area contributed by atoms with Crippen LogP contribution in [0.3, 0.4) is 0 Å². The molecule has 1 saturated heterocycles. The van der Waals surface area contributed by atoms with Crippen LogP contribution in [0.25, 0.3) is 0 Å². The van der Waals surface area contributed by atoms with Crippen LogP contribution in [0.5, 0.6) is 0 Å². The Labute approximate surface area is 124 Å². The van der Waals surface area contributed by atoms with Gasteiger partial charge in [-0.2, -0.15) is 4.99 Å². The third-order valence-corrected chi connectivity index (χ3v) is 3.35. The molecule has 1 atom stereocenters. The third-order valence-electron chi connectivity index (χ3n) is 3.35. The zero-order chi connectivity index (χ0) is 14.5. The van der Waals surface area contributed by atoms with Crippen molar-refractivity contribution in [3.05, 3.63) is 60.7 Å². The van der Waals surface area contributed by atoms with Crippen molar-refractivity contribution in [1.82, 2.24) is 0 Å². The molecule has 0 bridgehead atoms. The summed E-state index contributed by atoms with van der Waals surface area (Å²) in [4.78, 5) is 6.71. The van der Waals surface area contributed by atoms with Crippen molar-refractivity contribution < 1.29 is 9.47 Å². The summed E-state index contributed by atoms with van der Waals surface area (Å²) < 4.78 is 11.1. The van der Waals surface area contributed by atoms with Crippen LogP contribution < -0.4 is 4.90 Å². The van der Waals surface area contributed by atoms with Crippen molar-refractivity contribution >= 4 is 17.4 Å². The van der Waals surface area contributed by atoms with Crippen molar-refractivity contribution in [3.8, 4) is 0 Å². The first-order valence-electron chi connectivity index (χ1n) is 6.98. The lowest BCUT2D eigenvalue weighted by Crippen LogP contribution is -2.37. The predicted octanol–water partition coefficient (Wildman–Crippen LogP) is 3.23. The molecular formula is C17H18N2O2. The van der Waals surface area contributed by atoms with Crippen molar-refractivity contribution in [2.24, 2.45) is 4.99 Å². The first-order chi connectivity index (χ1) is 10.4. The molecule has 0 spiro atoms. The van der Waals surface area contributed by atoms with Gasteiger partial charge in [0.25, 0.3) is 6.02 Å². The van der Waals surface area contributed by atoms with E-state index < -0.39 is 0 Å². The van der Waals surface area contributed by atoms with Crippen molar-refractivity contribution in [3.63, 3.8) is 0 Å². The molecule has 0 aromatic heterocycles. The highest BCUT2D eigenvalue weighted by molar-refractivity contribution is 5.95. The summed E-state index contributed by atoms with van der Waals surface area (Å²) in [6.45, 7) is 1.18. The molecule has 21 heavy (non-hydrogen) atoms. The van der Waals surface area contributed by atoms with E-state index in [1.165, 1.54) is 0 Å². The molecule has 3 rings (SSSR count). The number of ether oxygens (including phenoxy) is 2. The van der Waals surface area contributed by atoms with E-state index in [1.807, 2.05) is 48.5 Å². The Morgan fingerprint density at radius 2 is 1.76 bits per heavy atom. The van der Waals surface area contributed by atoms with Gasteiger partial charge >= 0.3 is 0 Å². The van der Waals surface area contributed by atoms with Gasteiger partial charge in [-0.05, 0) is 24.3 Å². The maximum atomic E-state index is 5.79. The number of hydrogen-bond donors (Lipinski definition) is 0. The van der Waals surface area contributed by atoms with Gasteiger partial charge in [-0.1, -0.05) is 36.4 Å². The first-order valence-corrected chi connectivity index (χ1v) is 6.98. The van der Waals surface area contributed by atoms with Gasteiger partial charge < -0.3 is 9.47 Å². The van der Waals surface area contributed by atoms with Gasteiger partial charge in [0.05, 0.1) is 18.3 Å². The Balaban J connectivity index is 1.94. The van der Waals surface area contributed by atoms with Gasteiger partial charge in [-0.3, -0.25) is 4.90 Å². The molecule has 0 N–H and O–H groups in total. The molecule has 0 saturated carbocycles. The van der Waals surface area contributed by atoms with E-state index in [2.05, 4.69) is 22.0 Å². The zero-order valence-electron chi connectivity index (χ0n) is 12.0. The van der Waals surface area contributed by atoms with Crippen LogP contribution in [0.4, 0.5) is 11.4 Å². The molecule has 1 heterocycles. The smallest absolute Gasteiger partial charge is 0.297 e. The average molecular weight is 282 g/mol. The summed E-state index contributed by atoms with van der Waals surface area (Å²) in [5.41, 5.74) is 1.94. The molecule has 2 aromatic carbocycles. The van der Waals surface area contributed by atoms with Crippen LogP contribution in [0.2, 0.25) is 0 Å². The molecule has 4 heteroatoms. The van der Waals surface area contributed by atoms with E-state index in [0.29, 0.717) is 19.2 Å². The number of rotatable bonds is 4. The summed E-state index contributed by atoms with van der Waals surface area (Å²) in [6.07, 6.45) is 0. The molecule has 0 aliphatic carbocycles. The summed E-state index contributed by atoms with van der Waals surface area (Å²) in [7, 11) is 1.70. The quantitative estimate of drug-likeness (QED) is 0.863. The minimum absolute atomic E-state index is 0.139. The van der Waals surface area contributed by atoms with Crippen LogP contribution in [0.1, 0.15) is 0 Å². The van der Waals surface area contributed by atoms with E-state index in [-0.39, 0.29) is 6.04 Å². The highest BCUT2D eigenvalue weighted by Crippen LogP contribution is 2.25. The number of methoxy groups -OCH3 is 1. The van der Waals surface area contributed by atoms with Crippen molar-refractivity contribution in [2.45, 2.75) is 6.04 Å². The Morgan fingerprint density at radius 1 is 1.10 bits per heavy atom. The van der Waals surface area contributed by atoms with Gasteiger partial charge in [0.15, 0.2) is 0 Å². The van der Waals surface area contributed by atoms with Crippen LogP contribution in [0, 0.1) is 0 Å². The lowest BCUT2D eigenvalue weighted by Gasteiger charge is -2.22. The predicted molar refractivity (Wildman–Crippen MR) is 84.1 cm³/mol. The largest absolute Gasteiger partial charge is 0.462 e. The number of nitrogens with zero attached hydrogens (tertiary/aromatic N) is 2. The number of aliphatic imine (C=N–C) groups is 1. The lowest BCUT2D eigenvalue weighted by atomic mass is 10.2. The standard InChI is InChI=1S/C17H18N2O2/c1-20-12-16-13-21-17(18-14-8-4-2-5-9-14)19(16)15-10-6-3-7-11-15/h2-11,16H,12-13H2,1H3. The normalized spacial score (nSPS) is 19.8. The fourth-order valence-corrected chi connectivity index (χ4v) is 2.39. The molecule has 1 unspecified atom stereocenters. The minimum Gasteiger partial charge on any atom is -0.462 e. The molecule has 1 aliphatic heterocycles. The van der Waals surface area contributed by atoms with Crippen LogP contribution in [0.15, 0.2) is 65.7 Å². The Kier molecular flexibility index (Phi) is 4.17. The Bertz CT molecular complexity index is 599. The van der Waals surface area contributed by atoms with Crippen LogP contribution in [-0.4, -0.2) is 32.4 Å². The minimum atomic E-state index is 0.139. The van der Waals surface area contributed by atoms with Crippen molar-refractivity contribution in [2.75, 3.05) is 25.2 Å². The maximum absolute atomic E-state index is 5.79. The summed E-state index contributed by atoms with van der Waals surface area (Å²) >= 11 is 0. The van der Waals surface area contributed by atoms with Crippen LogP contribution in [-0.2, 0) is 9.47 Å². The third kappa shape index (κ3) is 3.06. The van der Waals surface area contributed by atoms with Gasteiger partial charge in [-0.15, -0.1) is 0 Å². The highest BCUT2D eigenvalue weighted by Gasteiger charge is 2.32. The summed E-state index contributed by atoms with van der Waals surface area (Å²) in [6, 6.07) is 20.7. The van der Waals surface area contributed by atoms with E-state index in [1.54, 1.807) is 7.11 Å². The Morgan fingerprint density at radius 3 is 2.43 bits per heavy atom. The topological polar surface area (TPSA) is 34.1 Å². The molecule has 1 aliphatic rings. The number of hydrogen-bond acceptors (Lipinski definition) is 3. The summed E-state index contributed by atoms with van der Waals surface area (Å²) in [5.74, 6) is 0. The molecule has 108 valence electrons. The van der Waals surface area contributed by atoms with E-state index in [4.69, 9.17) is 9.47 Å². The Hall–Kier alpha value is -2.33. The lowest BCUT2D eigenvalue weighted by molar-refractivity contribution is 0.168. The highest BCUT2D eigenvalue weighted by atomic mass is 16.5. The van der Waals surface area contributed by atoms with Gasteiger partial charge in [-0.25, -0.2) is 0 Å². The number of amidine groups is 1. The second-order valence-electron chi connectivity index (χ2n) is 4.86. The first kappa shape index (κ1) is 13.6. The van der Waals surface area contributed by atoms with Crippen molar-refractivity contribution in [1.29, 1.82) is 0 Å². The van der Waals surface area contributed by atoms with E-state index in [9.17, 15) is 0 Å². The molecule has 1 fully saturated rings.